The van der Waals surface area contributed by atoms with Crippen LogP contribution >= 0.6 is 0 Å². The normalized spacial score (nSPS) is 12.2. The third-order valence-electron chi connectivity index (χ3n) is 7.58. The maximum absolute atomic E-state index is 11.7. The Hall–Kier alpha value is -2.57. The number of methoxy groups -OCH3 is 3. The first-order valence-corrected chi connectivity index (χ1v) is 13.2. The summed E-state index contributed by atoms with van der Waals surface area (Å²) in [5, 5.41) is 11.6. The van der Waals surface area contributed by atoms with Gasteiger partial charge >= 0.3 is 17.9 Å². The molecule has 0 aromatic heterocycles. The smallest absolute Gasteiger partial charge is 0.305 e. The Balaban J connectivity index is 3.45. The van der Waals surface area contributed by atoms with E-state index in [0.717, 1.165) is 23.1 Å². The Bertz CT molecular complexity index is 873. The van der Waals surface area contributed by atoms with Gasteiger partial charge in [-0.15, -0.1) is 0 Å². The summed E-state index contributed by atoms with van der Waals surface area (Å²) in [5.74, 6) is -0.442. The minimum atomic E-state index is -0.396. The number of esters is 3. The van der Waals surface area contributed by atoms with Crippen LogP contribution in [0.1, 0.15) is 116 Å². The Morgan fingerprint density at radius 3 is 1.22 bits per heavy atom. The zero-order valence-corrected chi connectivity index (χ0v) is 24.4. The van der Waals surface area contributed by atoms with E-state index < -0.39 is 10.8 Å². The summed E-state index contributed by atoms with van der Waals surface area (Å²) < 4.78 is 14.4. The van der Waals surface area contributed by atoms with Gasteiger partial charge in [0.2, 0.25) is 0 Å². The van der Waals surface area contributed by atoms with Crippen LogP contribution in [0.4, 0.5) is 0 Å². The largest absolute Gasteiger partial charge is 0.507 e. The lowest BCUT2D eigenvalue weighted by Crippen LogP contribution is -2.26. The summed E-state index contributed by atoms with van der Waals surface area (Å²) in [5.41, 5.74) is 1.72. The van der Waals surface area contributed by atoms with Gasteiger partial charge < -0.3 is 19.3 Å². The first-order chi connectivity index (χ1) is 17.1. The van der Waals surface area contributed by atoms with Crippen molar-refractivity contribution in [1.82, 2.24) is 0 Å². The first kappa shape index (κ1) is 32.5. The molecule has 7 nitrogen and oxygen atoms in total. The molecule has 0 atom stereocenters. The number of hydrogen-bond acceptors (Lipinski definition) is 7. The van der Waals surface area contributed by atoms with Crippen LogP contribution in [0.2, 0.25) is 0 Å². The number of aromatic hydroxyl groups is 1. The van der Waals surface area contributed by atoms with E-state index >= 15 is 0 Å². The molecule has 1 aromatic carbocycles. The second-order valence-electron chi connectivity index (χ2n) is 11.9. The minimum absolute atomic E-state index is 0.221. The number of benzene rings is 1. The minimum Gasteiger partial charge on any atom is -0.507 e. The lowest BCUT2D eigenvalue weighted by molar-refractivity contribution is -0.141. The Morgan fingerprint density at radius 1 is 0.622 bits per heavy atom. The highest BCUT2D eigenvalue weighted by molar-refractivity contribution is 5.69. The summed E-state index contributed by atoms with van der Waals surface area (Å²) in [6, 6.07) is 4.17. The molecule has 0 amide bonds. The fourth-order valence-electron chi connectivity index (χ4n) is 4.80. The van der Waals surface area contributed by atoms with Gasteiger partial charge in [-0.05, 0) is 60.3 Å². The van der Waals surface area contributed by atoms with Crippen molar-refractivity contribution in [2.75, 3.05) is 21.3 Å². The zero-order chi connectivity index (χ0) is 28.4. The molecule has 37 heavy (non-hydrogen) atoms. The van der Waals surface area contributed by atoms with E-state index in [9.17, 15) is 19.5 Å². The van der Waals surface area contributed by atoms with Gasteiger partial charge in [-0.25, -0.2) is 0 Å². The summed E-state index contributed by atoms with van der Waals surface area (Å²) in [6.45, 7) is 12.6. The van der Waals surface area contributed by atoms with E-state index in [2.05, 4.69) is 53.7 Å². The number of phenolic OH excluding ortho intramolecular Hbond substituents is 1. The predicted molar refractivity (Wildman–Crippen MR) is 145 cm³/mol. The lowest BCUT2D eigenvalue weighted by Gasteiger charge is -2.35. The molecule has 0 aliphatic heterocycles. The van der Waals surface area contributed by atoms with Crippen LogP contribution < -0.4 is 0 Å². The molecule has 0 unspecified atom stereocenters. The standard InChI is InChI=1S/C30H48O7/c1-28(2,16-10-13-24(31)35-7)21-19-22(29(3,4)17-11-14-25(32)36-8)27(34)23(20-21)30(5,6)18-12-15-26(33)37-9/h19-20,34H,10-18H2,1-9H3. The highest BCUT2D eigenvalue weighted by atomic mass is 16.5. The average molecular weight is 521 g/mol. The second kappa shape index (κ2) is 13.8. The highest BCUT2D eigenvalue weighted by Crippen LogP contribution is 2.46. The third kappa shape index (κ3) is 9.67. The van der Waals surface area contributed by atoms with Crippen LogP contribution in [0.3, 0.4) is 0 Å². The van der Waals surface area contributed by atoms with Crippen LogP contribution in [0.25, 0.3) is 0 Å². The summed E-state index contributed by atoms with van der Waals surface area (Å²) >= 11 is 0. The molecule has 1 aromatic rings. The molecule has 7 heteroatoms. The van der Waals surface area contributed by atoms with Crippen LogP contribution in [0.15, 0.2) is 12.1 Å². The van der Waals surface area contributed by atoms with E-state index in [4.69, 9.17) is 14.2 Å². The molecular weight excluding hydrogens is 472 g/mol. The SMILES string of the molecule is COC(=O)CCCC(C)(C)c1cc(C(C)(C)CCCC(=O)OC)c(O)c(C(C)(C)CCCC(=O)OC)c1. The molecule has 0 radical (unpaired) electrons. The lowest BCUT2D eigenvalue weighted by atomic mass is 9.70. The average Bonchev–Trinajstić information content (AvgIpc) is 2.82. The number of phenols is 1. The predicted octanol–water partition coefficient (Wildman–Crippen LogP) is 6.25. The fraction of sp³-hybridized carbons (Fsp3) is 0.700. The molecule has 0 saturated carbocycles. The Labute approximate surface area is 223 Å². The van der Waals surface area contributed by atoms with E-state index in [-0.39, 0.29) is 29.1 Å². The van der Waals surface area contributed by atoms with Crippen molar-refractivity contribution in [1.29, 1.82) is 0 Å². The monoisotopic (exact) mass is 520 g/mol. The van der Waals surface area contributed by atoms with Gasteiger partial charge in [-0.3, -0.25) is 14.4 Å². The van der Waals surface area contributed by atoms with Crippen LogP contribution in [0.5, 0.6) is 5.75 Å². The van der Waals surface area contributed by atoms with Crippen LogP contribution in [0, 0.1) is 0 Å². The van der Waals surface area contributed by atoms with E-state index in [1.165, 1.54) is 21.3 Å². The Kier molecular flexibility index (Phi) is 12.1. The van der Waals surface area contributed by atoms with Gasteiger partial charge in [-0.2, -0.15) is 0 Å². The van der Waals surface area contributed by atoms with Crippen LogP contribution in [-0.4, -0.2) is 44.3 Å². The molecule has 210 valence electrons. The van der Waals surface area contributed by atoms with Crippen molar-refractivity contribution in [3.63, 3.8) is 0 Å². The summed E-state index contributed by atoms with van der Waals surface area (Å²) in [6.07, 6.45) is 5.15. The summed E-state index contributed by atoms with van der Waals surface area (Å²) in [7, 11) is 4.18. The van der Waals surface area contributed by atoms with Gasteiger partial charge in [0.1, 0.15) is 5.75 Å². The molecule has 0 saturated heterocycles. The molecule has 0 aliphatic carbocycles. The van der Waals surface area contributed by atoms with Crippen LogP contribution in [-0.2, 0) is 44.8 Å². The van der Waals surface area contributed by atoms with Crippen molar-refractivity contribution < 1.29 is 33.7 Å². The molecule has 0 fully saturated rings. The zero-order valence-electron chi connectivity index (χ0n) is 24.4. The number of carbonyl (C=O) groups excluding carboxylic acids is 3. The van der Waals surface area contributed by atoms with Crippen molar-refractivity contribution in [3.8, 4) is 5.75 Å². The van der Waals surface area contributed by atoms with E-state index in [1.807, 2.05) is 0 Å². The van der Waals surface area contributed by atoms with Gasteiger partial charge in [-0.1, -0.05) is 53.7 Å². The van der Waals surface area contributed by atoms with Gasteiger partial charge in [0.15, 0.2) is 0 Å². The second-order valence-corrected chi connectivity index (χ2v) is 11.9. The number of rotatable bonds is 15. The number of carbonyl (C=O) groups is 3. The maximum atomic E-state index is 11.7. The van der Waals surface area contributed by atoms with Gasteiger partial charge in [0.05, 0.1) is 21.3 Å². The van der Waals surface area contributed by atoms with Crippen molar-refractivity contribution >= 4 is 17.9 Å². The first-order valence-electron chi connectivity index (χ1n) is 13.2. The molecule has 1 rings (SSSR count). The van der Waals surface area contributed by atoms with Crippen molar-refractivity contribution in [2.24, 2.45) is 0 Å². The maximum Gasteiger partial charge on any atom is 0.305 e. The Morgan fingerprint density at radius 2 is 0.919 bits per heavy atom. The van der Waals surface area contributed by atoms with Crippen molar-refractivity contribution in [2.45, 2.75) is 116 Å². The van der Waals surface area contributed by atoms with Gasteiger partial charge in [0.25, 0.3) is 0 Å². The quantitative estimate of drug-likeness (QED) is 0.215. The topological polar surface area (TPSA) is 99.1 Å². The molecule has 0 aliphatic rings. The van der Waals surface area contributed by atoms with E-state index in [0.29, 0.717) is 51.4 Å². The van der Waals surface area contributed by atoms with E-state index in [1.54, 1.807) is 0 Å². The summed E-state index contributed by atoms with van der Waals surface area (Å²) in [4.78, 5) is 35.0. The van der Waals surface area contributed by atoms with Gasteiger partial charge in [0, 0.05) is 30.4 Å². The highest BCUT2D eigenvalue weighted by Gasteiger charge is 2.34. The number of ether oxygens (including phenoxy) is 3. The fourth-order valence-corrected chi connectivity index (χ4v) is 4.80. The molecule has 0 bridgehead atoms. The van der Waals surface area contributed by atoms with Crippen molar-refractivity contribution in [3.05, 3.63) is 28.8 Å². The number of hydrogen-bond donors (Lipinski definition) is 1. The molecule has 0 heterocycles. The third-order valence-corrected chi connectivity index (χ3v) is 7.58. The molecule has 0 spiro atoms. The molecule has 1 N–H and O–H groups in total. The molecular formula is C30H48O7.